The number of hydrogen-bond donors (Lipinski definition) is 3. The molecule has 14 heavy (non-hydrogen) atoms. The van der Waals surface area contributed by atoms with E-state index in [9.17, 15) is 0 Å². The van der Waals surface area contributed by atoms with E-state index in [2.05, 4.69) is 15.9 Å². The van der Waals surface area contributed by atoms with Gasteiger partial charge >= 0.3 is 7.12 Å². The number of fused-ring (bicyclic) bond motifs is 1. The fraction of sp³-hybridized carbons (Fsp3) is 0. The molecule has 0 atom stereocenters. The van der Waals surface area contributed by atoms with Gasteiger partial charge in [0.05, 0.1) is 9.47 Å². The molecular weight excluding hydrogens is 265 g/mol. The molecule has 2 aromatic rings. The number of anilines is 1. The molecule has 72 valence electrons. The van der Waals surface area contributed by atoms with Crippen LogP contribution in [-0.4, -0.2) is 17.2 Å². The molecule has 0 radical (unpaired) electrons. The molecule has 0 aliphatic heterocycles. The van der Waals surface area contributed by atoms with Crippen molar-refractivity contribution in [2.45, 2.75) is 0 Å². The summed E-state index contributed by atoms with van der Waals surface area (Å²) < 4.78 is 1.82. The number of thiophene rings is 1. The van der Waals surface area contributed by atoms with Gasteiger partial charge in [0, 0.05) is 10.1 Å². The minimum Gasteiger partial charge on any atom is -0.423 e. The zero-order valence-corrected chi connectivity index (χ0v) is 9.47. The Morgan fingerprint density at radius 2 is 2.07 bits per heavy atom. The van der Waals surface area contributed by atoms with E-state index in [1.165, 1.54) is 11.3 Å². The molecule has 1 aromatic carbocycles. The predicted octanol–water partition coefficient (Wildman–Crippen LogP) is 0.926. The monoisotopic (exact) mass is 271 g/mol. The summed E-state index contributed by atoms with van der Waals surface area (Å²) in [5.41, 5.74) is 6.98. The van der Waals surface area contributed by atoms with E-state index in [0.29, 0.717) is 11.2 Å². The molecule has 0 saturated heterocycles. The van der Waals surface area contributed by atoms with Gasteiger partial charge in [0.15, 0.2) is 0 Å². The molecule has 4 N–H and O–H groups in total. The molecule has 0 bridgehead atoms. The zero-order chi connectivity index (χ0) is 10.3. The quantitative estimate of drug-likeness (QED) is 0.676. The molecule has 0 amide bonds. The Balaban J connectivity index is 2.67. The van der Waals surface area contributed by atoms with Crippen LogP contribution in [0.2, 0.25) is 0 Å². The first-order chi connectivity index (χ1) is 6.59. The van der Waals surface area contributed by atoms with Gasteiger partial charge in [0.25, 0.3) is 0 Å². The van der Waals surface area contributed by atoms with Crippen molar-refractivity contribution in [3.8, 4) is 0 Å². The van der Waals surface area contributed by atoms with Gasteiger partial charge < -0.3 is 15.8 Å². The Labute approximate surface area is 93.4 Å². The molecular formula is C8H7BBrNO2S. The topological polar surface area (TPSA) is 66.5 Å². The summed E-state index contributed by atoms with van der Waals surface area (Å²) in [5.74, 6) is 0. The number of rotatable bonds is 1. The molecule has 2 rings (SSSR count). The summed E-state index contributed by atoms with van der Waals surface area (Å²) in [6.07, 6.45) is 0. The van der Waals surface area contributed by atoms with Crippen molar-refractivity contribution in [1.82, 2.24) is 0 Å². The van der Waals surface area contributed by atoms with Crippen molar-refractivity contribution < 1.29 is 10.0 Å². The Morgan fingerprint density at radius 1 is 1.36 bits per heavy atom. The molecule has 0 saturated carbocycles. The maximum atomic E-state index is 8.98. The third kappa shape index (κ3) is 1.54. The lowest BCUT2D eigenvalue weighted by atomic mass is 9.80. The molecule has 0 aliphatic carbocycles. The Bertz CT molecular complexity index is 485. The van der Waals surface area contributed by atoms with Crippen LogP contribution in [0.25, 0.3) is 10.1 Å². The number of benzene rings is 1. The van der Waals surface area contributed by atoms with Crippen molar-refractivity contribution in [3.05, 3.63) is 22.0 Å². The predicted molar refractivity (Wildman–Crippen MR) is 63.8 cm³/mol. The van der Waals surface area contributed by atoms with E-state index in [1.807, 2.05) is 0 Å². The average molecular weight is 272 g/mol. The van der Waals surface area contributed by atoms with Crippen molar-refractivity contribution in [3.63, 3.8) is 0 Å². The highest BCUT2D eigenvalue weighted by atomic mass is 79.9. The molecule has 0 aliphatic rings. The van der Waals surface area contributed by atoms with Gasteiger partial charge in [0.2, 0.25) is 0 Å². The summed E-state index contributed by atoms with van der Waals surface area (Å²) in [7, 11) is -1.43. The normalized spacial score (nSPS) is 10.8. The van der Waals surface area contributed by atoms with E-state index in [4.69, 9.17) is 15.8 Å². The van der Waals surface area contributed by atoms with Crippen LogP contribution in [0, 0.1) is 0 Å². The first-order valence-electron chi connectivity index (χ1n) is 3.93. The second kappa shape index (κ2) is 3.54. The minimum absolute atomic E-state index is 0.478. The first kappa shape index (κ1) is 9.98. The maximum absolute atomic E-state index is 8.98. The SMILES string of the molecule is Nc1c(Br)sc2cc(B(O)O)ccc12. The van der Waals surface area contributed by atoms with Crippen molar-refractivity contribution >= 4 is 55.6 Å². The lowest BCUT2D eigenvalue weighted by Crippen LogP contribution is -2.29. The van der Waals surface area contributed by atoms with Gasteiger partial charge in [-0.3, -0.25) is 0 Å². The van der Waals surface area contributed by atoms with Gasteiger partial charge in [0.1, 0.15) is 0 Å². The average Bonchev–Trinajstić information content (AvgIpc) is 2.42. The number of hydrogen-bond acceptors (Lipinski definition) is 4. The molecule has 0 spiro atoms. The van der Waals surface area contributed by atoms with Crippen LogP contribution >= 0.6 is 27.3 Å². The standard InChI is InChI=1S/C8H7BBrNO2S/c10-8-7(11)5-2-1-4(9(12)13)3-6(5)14-8/h1-3,12-13H,11H2. The lowest BCUT2D eigenvalue weighted by molar-refractivity contribution is 0.426. The van der Waals surface area contributed by atoms with E-state index in [1.54, 1.807) is 18.2 Å². The number of nitrogens with two attached hydrogens (primary N) is 1. The van der Waals surface area contributed by atoms with Crippen LogP contribution in [0.15, 0.2) is 22.0 Å². The van der Waals surface area contributed by atoms with E-state index in [0.717, 1.165) is 13.9 Å². The van der Waals surface area contributed by atoms with Crippen LogP contribution in [0.5, 0.6) is 0 Å². The van der Waals surface area contributed by atoms with Gasteiger partial charge in [-0.1, -0.05) is 12.1 Å². The second-order valence-corrected chi connectivity index (χ2v) is 5.29. The Morgan fingerprint density at radius 3 is 2.71 bits per heavy atom. The van der Waals surface area contributed by atoms with Crippen LogP contribution in [0.3, 0.4) is 0 Å². The summed E-state index contributed by atoms with van der Waals surface area (Å²) in [5, 5.41) is 18.9. The van der Waals surface area contributed by atoms with E-state index in [-0.39, 0.29) is 0 Å². The van der Waals surface area contributed by atoms with Crippen molar-refractivity contribution in [2.24, 2.45) is 0 Å². The van der Waals surface area contributed by atoms with Gasteiger partial charge in [-0.25, -0.2) is 0 Å². The smallest absolute Gasteiger partial charge is 0.423 e. The van der Waals surface area contributed by atoms with E-state index < -0.39 is 7.12 Å². The third-order valence-electron chi connectivity index (χ3n) is 2.01. The fourth-order valence-corrected chi connectivity index (χ4v) is 2.90. The second-order valence-electron chi connectivity index (χ2n) is 2.92. The molecule has 6 heteroatoms. The van der Waals surface area contributed by atoms with Crippen molar-refractivity contribution in [1.29, 1.82) is 0 Å². The van der Waals surface area contributed by atoms with Crippen LogP contribution in [0.4, 0.5) is 5.69 Å². The van der Waals surface area contributed by atoms with Gasteiger partial charge in [-0.2, -0.15) is 0 Å². The zero-order valence-electron chi connectivity index (χ0n) is 7.07. The van der Waals surface area contributed by atoms with E-state index >= 15 is 0 Å². The maximum Gasteiger partial charge on any atom is 0.488 e. The van der Waals surface area contributed by atoms with Crippen LogP contribution in [-0.2, 0) is 0 Å². The molecule has 1 aromatic heterocycles. The highest BCUT2D eigenvalue weighted by Crippen LogP contribution is 2.36. The highest BCUT2D eigenvalue weighted by molar-refractivity contribution is 9.11. The van der Waals surface area contributed by atoms with Crippen molar-refractivity contribution in [2.75, 3.05) is 5.73 Å². The van der Waals surface area contributed by atoms with Crippen LogP contribution < -0.4 is 11.2 Å². The van der Waals surface area contributed by atoms with Crippen LogP contribution in [0.1, 0.15) is 0 Å². The first-order valence-corrected chi connectivity index (χ1v) is 5.54. The molecule has 3 nitrogen and oxygen atoms in total. The number of halogens is 1. The fourth-order valence-electron chi connectivity index (χ4n) is 1.26. The summed E-state index contributed by atoms with van der Waals surface area (Å²) in [4.78, 5) is 0. The molecule has 1 heterocycles. The van der Waals surface area contributed by atoms with Gasteiger partial charge in [-0.05, 0) is 27.5 Å². The largest absolute Gasteiger partial charge is 0.488 e. The summed E-state index contributed by atoms with van der Waals surface area (Å²) >= 11 is 4.82. The third-order valence-corrected chi connectivity index (χ3v) is 3.87. The highest BCUT2D eigenvalue weighted by Gasteiger charge is 2.13. The Kier molecular flexibility index (Phi) is 2.53. The Hall–Kier alpha value is -0.555. The minimum atomic E-state index is -1.43. The summed E-state index contributed by atoms with van der Waals surface area (Å²) in [6, 6.07) is 5.18. The van der Waals surface area contributed by atoms with Gasteiger partial charge in [-0.15, -0.1) is 11.3 Å². The lowest BCUT2D eigenvalue weighted by Gasteiger charge is -1.98. The molecule has 0 unspecified atom stereocenters. The summed E-state index contributed by atoms with van der Waals surface area (Å²) in [6.45, 7) is 0. The number of nitrogen functional groups attached to an aromatic ring is 1. The molecule has 0 fully saturated rings.